The molecule has 3 heterocycles. The summed E-state index contributed by atoms with van der Waals surface area (Å²) in [5.74, 6) is -0.350. The molecule has 0 aliphatic carbocycles. The zero-order valence-corrected chi connectivity index (χ0v) is 20.0. The molecule has 2 saturated heterocycles. The number of hydrogen-bond donors (Lipinski definition) is 1. The van der Waals surface area contributed by atoms with Gasteiger partial charge in [-0.1, -0.05) is 42.5 Å². The van der Waals surface area contributed by atoms with Gasteiger partial charge in [0.25, 0.3) is 5.91 Å². The fraction of sp³-hybridized carbons (Fsp3) is 0.385. The Morgan fingerprint density at radius 3 is 2.71 bits per heavy atom. The predicted octanol–water partition coefficient (Wildman–Crippen LogP) is 3.95. The lowest BCUT2D eigenvalue weighted by atomic mass is 9.93. The number of para-hydroxylation sites is 1. The Kier molecular flexibility index (Phi) is 6.08. The van der Waals surface area contributed by atoms with Gasteiger partial charge in [0.05, 0.1) is 15.2 Å². The molecule has 5 rings (SSSR count). The van der Waals surface area contributed by atoms with E-state index < -0.39 is 11.6 Å². The molecule has 2 aromatic carbocycles. The molecule has 3 aromatic rings. The molecular weight excluding hydrogens is 448 g/mol. The molecule has 2 aliphatic heterocycles. The number of rotatable bonds is 6. The lowest BCUT2D eigenvalue weighted by Crippen LogP contribution is -2.47. The molecule has 0 radical (unpaired) electrons. The number of imide groups is 1. The van der Waals surface area contributed by atoms with Crippen LogP contribution in [0, 0.1) is 0 Å². The molecule has 176 valence electrons. The van der Waals surface area contributed by atoms with Crippen LogP contribution in [0.3, 0.4) is 0 Å². The fourth-order valence-electron chi connectivity index (χ4n) is 4.80. The second-order valence-electron chi connectivity index (χ2n) is 9.34. The first-order chi connectivity index (χ1) is 16.4. The number of hydrogen-bond acceptors (Lipinski definition) is 5. The number of benzene rings is 2. The van der Waals surface area contributed by atoms with Crippen molar-refractivity contribution in [2.45, 2.75) is 44.1 Å². The molecule has 1 aromatic heterocycles. The normalized spacial score (nSPS) is 22.9. The number of thiazole rings is 1. The summed E-state index contributed by atoms with van der Waals surface area (Å²) < 4.78 is 1.15. The number of amides is 4. The molecule has 2 atom stereocenters. The van der Waals surface area contributed by atoms with Crippen LogP contribution in [0.25, 0.3) is 10.2 Å². The Labute approximate surface area is 202 Å². The van der Waals surface area contributed by atoms with Gasteiger partial charge in [-0.05, 0) is 50.3 Å². The van der Waals surface area contributed by atoms with Crippen LogP contribution >= 0.6 is 11.3 Å². The average Bonchev–Trinajstić information content (AvgIpc) is 3.38. The van der Waals surface area contributed by atoms with E-state index in [9.17, 15) is 14.4 Å². The van der Waals surface area contributed by atoms with Gasteiger partial charge in [0.2, 0.25) is 5.91 Å². The highest BCUT2D eigenvalue weighted by Gasteiger charge is 2.48. The van der Waals surface area contributed by atoms with Crippen LogP contribution in [-0.4, -0.2) is 57.8 Å². The minimum Gasteiger partial charge on any atom is -0.340 e. The molecule has 2 aliphatic rings. The smallest absolute Gasteiger partial charge is 0.325 e. The fourth-order valence-corrected chi connectivity index (χ4v) is 5.90. The van der Waals surface area contributed by atoms with E-state index in [0.717, 1.165) is 38.5 Å². The number of aromatic nitrogens is 1. The van der Waals surface area contributed by atoms with Gasteiger partial charge in [-0.2, -0.15) is 0 Å². The maximum atomic E-state index is 13.1. The van der Waals surface area contributed by atoms with Gasteiger partial charge >= 0.3 is 6.03 Å². The van der Waals surface area contributed by atoms with Crippen molar-refractivity contribution in [2.24, 2.45) is 0 Å². The number of nitrogens with zero attached hydrogens (tertiary/aromatic N) is 3. The van der Waals surface area contributed by atoms with Gasteiger partial charge in [0, 0.05) is 19.0 Å². The molecule has 0 spiro atoms. The van der Waals surface area contributed by atoms with Crippen LogP contribution in [-0.2, 0) is 16.0 Å². The summed E-state index contributed by atoms with van der Waals surface area (Å²) in [4.78, 5) is 46.5. The quantitative estimate of drug-likeness (QED) is 0.546. The molecule has 0 saturated carbocycles. The van der Waals surface area contributed by atoms with E-state index in [2.05, 4.69) is 11.4 Å². The zero-order valence-electron chi connectivity index (χ0n) is 19.2. The second kappa shape index (κ2) is 9.18. The van der Waals surface area contributed by atoms with Gasteiger partial charge in [-0.15, -0.1) is 11.3 Å². The molecule has 4 amide bonds. The highest BCUT2D eigenvalue weighted by atomic mass is 32.1. The van der Waals surface area contributed by atoms with E-state index in [-0.39, 0.29) is 24.3 Å². The number of aryl methyl sites for hydroxylation is 1. The minimum atomic E-state index is -1.00. The first-order valence-corrected chi connectivity index (χ1v) is 12.6. The maximum absolute atomic E-state index is 13.1. The summed E-state index contributed by atoms with van der Waals surface area (Å²) in [6, 6.07) is 17.4. The monoisotopic (exact) mass is 476 g/mol. The Balaban J connectivity index is 1.22. The number of piperidine rings is 1. The Bertz CT molecular complexity index is 1190. The van der Waals surface area contributed by atoms with Crippen LogP contribution in [0.4, 0.5) is 4.79 Å². The van der Waals surface area contributed by atoms with E-state index in [1.54, 1.807) is 23.2 Å². The number of carbonyl (C=O) groups is 3. The Morgan fingerprint density at radius 2 is 1.91 bits per heavy atom. The highest BCUT2D eigenvalue weighted by Crippen LogP contribution is 2.33. The molecular formula is C26H28N4O3S. The van der Waals surface area contributed by atoms with Gasteiger partial charge in [0.15, 0.2) is 0 Å². The molecule has 34 heavy (non-hydrogen) atoms. The second-order valence-corrected chi connectivity index (χ2v) is 10.4. The summed E-state index contributed by atoms with van der Waals surface area (Å²) in [5.41, 5.74) is 1.09. The lowest BCUT2D eigenvalue weighted by Gasteiger charge is -2.32. The summed E-state index contributed by atoms with van der Waals surface area (Å²) in [7, 11) is 0. The average molecular weight is 477 g/mol. The number of urea groups is 1. The Morgan fingerprint density at radius 1 is 1.15 bits per heavy atom. The largest absolute Gasteiger partial charge is 0.340 e. The van der Waals surface area contributed by atoms with E-state index in [4.69, 9.17) is 4.98 Å². The van der Waals surface area contributed by atoms with Crippen molar-refractivity contribution < 1.29 is 14.4 Å². The van der Waals surface area contributed by atoms with Crippen molar-refractivity contribution in [1.82, 2.24) is 20.1 Å². The summed E-state index contributed by atoms with van der Waals surface area (Å²) in [5, 5.41) is 3.86. The third kappa shape index (κ3) is 4.42. The number of nitrogens with one attached hydrogen (secondary N) is 1. The molecule has 0 unspecified atom stereocenters. The van der Waals surface area contributed by atoms with Crippen LogP contribution < -0.4 is 5.32 Å². The number of carbonyl (C=O) groups excluding carboxylic acids is 3. The van der Waals surface area contributed by atoms with Crippen LogP contribution in [0.2, 0.25) is 0 Å². The summed E-state index contributed by atoms with van der Waals surface area (Å²) >= 11 is 1.68. The van der Waals surface area contributed by atoms with Crippen molar-refractivity contribution in [3.8, 4) is 0 Å². The van der Waals surface area contributed by atoms with Gasteiger partial charge in [-0.3, -0.25) is 14.5 Å². The van der Waals surface area contributed by atoms with Crippen LogP contribution in [0.5, 0.6) is 0 Å². The number of likely N-dealkylation sites (tertiary alicyclic amines) is 1. The molecule has 0 bridgehead atoms. The first-order valence-electron chi connectivity index (χ1n) is 11.7. The summed E-state index contributed by atoms with van der Waals surface area (Å²) in [6.45, 7) is 2.71. The van der Waals surface area contributed by atoms with Crippen molar-refractivity contribution >= 4 is 39.4 Å². The molecule has 7 nitrogen and oxygen atoms in total. The third-order valence-electron chi connectivity index (χ3n) is 6.83. The highest BCUT2D eigenvalue weighted by molar-refractivity contribution is 7.18. The first kappa shape index (κ1) is 22.5. The number of fused-ring (bicyclic) bond motifs is 1. The lowest BCUT2D eigenvalue weighted by molar-refractivity contribution is -0.139. The summed E-state index contributed by atoms with van der Waals surface area (Å²) in [6.07, 6.45) is 3.00. The van der Waals surface area contributed by atoms with Crippen molar-refractivity contribution in [3.63, 3.8) is 0 Å². The van der Waals surface area contributed by atoms with Crippen LogP contribution in [0.15, 0.2) is 54.6 Å². The molecule has 8 heteroatoms. The van der Waals surface area contributed by atoms with E-state index in [1.165, 1.54) is 0 Å². The third-order valence-corrected chi connectivity index (χ3v) is 8.03. The van der Waals surface area contributed by atoms with Gasteiger partial charge in [0.1, 0.15) is 12.1 Å². The molecule has 2 fully saturated rings. The molecule has 1 N–H and O–H groups in total. The Hall–Kier alpha value is -3.26. The topological polar surface area (TPSA) is 82.6 Å². The minimum absolute atomic E-state index is 0.175. The van der Waals surface area contributed by atoms with Crippen molar-refractivity contribution in [2.75, 3.05) is 19.6 Å². The van der Waals surface area contributed by atoms with Crippen molar-refractivity contribution in [1.29, 1.82) is 0 Å². The zero-order chi connectivity index (χ0) is 23.7. The maximum Gasteiger partial charge on any atom is 0.325 e. The van der Waals surface area contributed by atoms with Crippen molar-refractivity contribution in [3.05, 3.63) is 65.2 Å². The van der Waals surface area contributed by atoms with Gasteiger partial charge in [-0.25, -0.2) is 9.78 Å². The van der Waals surface area contributed by atoms with Gasteiger partial charge < -0.3 is 10.2 Å². The van der Waals surface area contributed by atoms with Crippen LogP contribution in [0.1, 0.15) is 42.7 Å². The van der Waals surface area contributed by atoms with E-state index in [1.807, 2.05) is 48.5 Å². The van der Waals surface area contributed by atoms with E-state index in [0.29, 0.717) is 25.9 Å². The SMILES string of the molecule is C[C@]1(CCc2ccccc2)NC(=O)N(CC(=O)N2CCC[C@H](c3nc4ccccc4s3)C2)C1=O. The standard InChI is InChI=1S/C26H28N4O3S/c1-26(14-13-18-8-3-2-4-9-18)24(32)30(25(33)28-26)17-22(31)29-15-7-10-19(16-29)23-27-20-11-5-6-12-21(20)34-23/h2-6,8-9,11-12,19H,7,10,13-17H2,1H3,(H,28,33)/t19-,26+/m0/s1. The van der Waals surface area contributed by atoms with E-state index >= 15 is 0 Å². The predicted molar refractivity (Wildman–Crippen MR) is 132 cm³/mol.